The SMILES string of the molecule is CCC1=C[C@H](C)C(=O)OC1. The maximum Gasteiger partial charge on any atom is 0.312 e. The molecule has 10 heavy (non-hydrogen) atoms. The van der Waals surface area contributed by atoms with Gasteiger partial charge in [-0.3, -0.25) is 4.79 Å². The highest BCUT2D eigenvalue weighted by Crippen LogP contribution is 2.14. The lowest BCUT2D eigenvalue weighted by Crippen LogP contribution is -2.20. The summed E-state index contributed by atoms with van der Waals surface area (Å²) in [6.07, 6.45) is 2.98. The fourth-order valence-corrected chi connectivity index (χ4v) is 0.985. The molecule has 0 saturated heterocycles. The lowest BCUT2D eigenvalue weighted by atomic mass is 10.0. The van der Waals surface area contributed by atoms with Crippen molar-refractivity contribution in [2.24, 2.45) is 5.92 Å². The fraction of sp³-hybridized carbons (Fsp3) is 0.625. The lowest BCUT2D eigenvalue weighted by Gasteiger charge is -2.16. The van der Waals surface area contributed by atoms with E-state index in [1.165, 1.54) is 5.57 Å². The Labute approximate surface area is 60.9 Å². The Morgan fingerprint density at radius 2 is 2.50 bits per heavy atom. The van der Waals surface area contributed by atoms with E-state index in [1.807, 2.05) is 13.0 Å². The van der Waals surface area contributed by atoms with Gasteiger partial charge in [0.15, 0.2) is 0 Å². The van der Waals surface area contributed by atoms with Crippen molar-refractivity contribution in [3.8, 4) is 0 Å². The number of ether oxygens (including phenoxy) is 1. The van der Waals surface area contributed by atoms with Crippen molar-refractivity contribution in [3.63, 3.8) is 0 Å². The van der Waals surface area contributed by atoms with Crippen LogP contribution in [-0.4, -0.2) is 12.6 Å². The monoisotopic (exact) mass is 140 g/mol. The van der Waals surface area contributed by atoms with E-state index in [1.54, 1.807) is 0 Å². The Kier molecular flexibility index (Phi) is 2.10. The Morgan fingerprint density at radius 1 is 1.80 bits per heavy atom. The van der Waals surface area contributed by atoms with Gasteiger partial charge in [-0.2, -0.15) is 0 Å². The molecule has 2 heteroatoms. The van der Waals surface area contributed by atoms with Gasteiger partial charge < -0.3 is 4.74 Å². The van der Waals surface area contributed by atoms with Crippen molar-refractivity contribution in [1.82, 2.24) is 0 Å². The third-order valence-corrected chi connectivity index (χ3v) is 1.71. The zero-order valence-corrected chi connectivity index (χ0v) is 6.39. The highest BCUT2D eigenvalue weighted by Gasteiger charge is 2.17. The molecule has 2 nitrogen and oxygen atoms in total. The normalized spacial score (nSPS) is 25.6. The molecule has 0 aliphatic carbocycles. The number of hydrogen-bond acceptors (Lipinski definition) is 2. The van der Waals surface area contributed by atoms with Crippen LogP contribution in [-0.2, 0) is 9.53 Å². The molecule has 0 amide bonds. The van der Waals surface area contributed by atoms with Crippen LogP contribution >= 0.6 is 0 Å². The van der Waals surface area contributed by atoms with Gasteiger partial charge in [-0.25, -0.2) is 0 Å². The van der Waals surface area contributed by atoms with Crippen molar-refractivity contribution in [3.05, 3.63) is 11.6 Å². The number of esters is 1. The van der Waals surface area contributed by atoms with E-state index in [4.69, 9.17) is 4.74 Å². The second-order valence-electron chi connectivity index (χ2n) is 2.57. The van der Waals surface area contributed by atoms with Gasteiger partial charge in [-0.05, 0) is 18.9 Å². The highest BCUT2D eigenvalue weighted by molar-refractivity contribution is 5.75. The van der Waals surface area contributed by atoms with Crippen LogP contribution in [0.1, 0.15) is 20.3 Å². The first-order valence-corrected chi connectivity index (χ1v) is 3.60. The molecule has 0 spiro atoms. The third kappa shape index (κ3) is 1.38. The fourth-order valence-electron chi connectivity index (χ4n) is 0.985. The maximum absolute atomic E-state index is 10.8. The second-order valence-corrected chi connectivity index (χ2v) is 2.57. The van der Waals surface area contributed by atoms with Crippen LogP contribution in [0.5, 0.6) is 0 Å². The van der Waals surface area contributed by atoms with Gasteiger partial charge in [-0.1, -0.05) is 13.0 Å². The van der Waals surface area contributed by atoms with E-state index in [-0.39, 0.29) is 11.9 Å². The van der Waals surface area contributed by atoms with Gasteiger partial charge in [0.2, 0.25) is 0 Å². The molecule has 0 saturated carbocycles. The average Bonchev–Trinajstić information content (AvgIpc) is 1.95. The molecular weight excluding hydrogens is 128 g/mol. The van der Waals surface area contributed by atoms with Crippen molar-refractivity contribution >= 4 is 5.97 Å². The topological polar surface area (TPSA) is 26.3 Å². The first kappa shape index (κ1) is 7.32. The second kappa shape index (κ2) is 2.86. The maximum atomic E-state index is 10.8. The molecule has 0 fully saturated rings. The van der Waals surface area contributed by atoms with Crippen LogP contribution in [0.25, 0.3) is 0 Å². The zero-order chi connectivity index (χ0) is 7.56. The van der Waals surface area contributed by atoms with Crippen molar-refractivity contribution < 1.29 is 9.53 Å². The Morgan fingerprint density at radius 3 is 3.00 bits per heavy atom. The molecule has 0 aromatic rings. The molecule has 0 N–H and O–H groups in total. The van der Waals surface area contributed by atoms with E-state index < -0.39 is 0 Å². The molecule has 0 aromatic carbocycles. The van der Waals surface area contributed by atoms with E-state index in [2.05, 4.69) is 6.92 Å². The molecule has 1 aliphatic rings. The first-order valence-electron chi connectivity index (χ1n) is 3.60. The zero-order valence-electron chi connectivity index (χ0n) is 6.39. The minimum absolute atomic E-state index is 0.0382. The van der Waals surface area contributed by atoms with Gasteiger partial charge in [0.05, 0.1) is 5.92 Å². The summed E-state index contributed by atoms with van der Waals surface area (Å²) in [5, 5.41) is 0. The van der Waals surface area contributed by atoms with Crippen molar-refractivity contribution in [2.75, 3.05) is 6.61 Å². The quantitative estimate of drug-likeness (QED) is 0.407. The molecule has 0 aromatic heterocycles. The van der Waals surface area contributed by atoms with Crippen LogP contribution in [0.4, 0.5) is 0 Å². The Bertz CT molecular complexity index is 170. The Balaban J connectivity index is 2.65. The molecule has 1 atom stereocenters. The summed E-state index contributed by atoms with van der Waals surface area (Å²) in [4.78, 5) is 10.8. The van der Waals surface area contributed by atoms with Crippen LogP contribution in [0.3, 0.4) is 0 Å². The number of carbonyl (C=O) groups is 1. The third-order valence-electron chi connectivity index (χ3n) is 1.71. The number of rotatable bonds is 1. The molecule has 0 unspecified atom stereocenters. The molecule has 56 valence electrons. The Hall–Kier alpha value is -0.790. The van der Waals surface area contributed by atoms with E-state index in [0.29, 0.717) is 6.61 Å². The summed E-state index contributed by atoms with van der Waals surface area (Å²) in [7, 11) is 0. The molecule has 1 heterocycles. The summed E-state index contributed by atoms with van der Waals surface area (Å²) in [5.41, 5.74) is 1.23. The summed E-state index contributed by atoms with van der Waals surface area (Å²) in [6.45, 7) is 4.43. The van der Waals surface area contributed by atoms with Gasteiger partial charge in [0.25, 0.3) is 0 Å². The van der Waals surface area contributed by atoms with E-state index in [9.17, 15) is 4.79 Å². The van der Waals surface area contributed by atoms with Crippen molar-refractivity contribution in [1.29, 1.82) is 0 Å². The largest absolute Gasteiger partial charge is 0.461 e. The van der Waals surface area contributed by atoms with Gasteiger partial charge in [0, 0.05) is 0 Å². The van der Waals surface area contributed by atoms with Crippen LogP contribution in [0, 0.1) is 5.92 Å². The summed E-state index contributed by atoms with van der Waals surface area (Å²) in [6, 6.07) is 0. The molecule has 0 radical (unpaired) electrons. The highest BCUT2D eigenvalue weighted by atomic mass is 16.5. The number of cyclic esters (lactones) is 1. The number of hydrogen-bond donors (Lipinski definition) is 0. The number of carbonyl (C=O) groups excluding carboxylic acids is 1. The summed E-state index contributed by atoms with van der Waals surface area (Å²) >= 11 is 0. The van der Waals surface area contributed by atoms with Crippen LogP contribution < -0.4 is 0 Å². The van der Waals surface area contributed by atoms with Gasteiger partial charge >= 0.3 is 5.97 Å². The minimum atomic E-state index is -0.0998. The van der Waals surface area contributed by atoms with E-state index in [0.717, 1.165) is 6.42 Å². The predicted octanol–water partition coefficient (Wildman–Crippen LogP) is 1.52. The first-order chi connectivity index (χ1) is 4.74. The summed E-state index contributed by atoms with van der Waals surface area (Å²) in [5.74, 6) is -0.138. The van der Waals surface area contributed by atoms with Gasteiger partial charge in [-0.15, -0.1) is 0 Å². The minimum Gasteiger partial charge on any atom is -0.461 e. The van der Waals surface area contributed by atoms with Crippen LogP contribution in [0.15, 0.2) is 11.6 Å². The molecule has 1 aliphatic heterocycles. The standard InChI is InChI=1S/C8H12O2/c1-3-7-4-6(2)8(9)10-5-7/h4,6H,3,5H2,1-2H3/t6-/m0/s1. The van der Waals surface area contributed by atoms with Crippen molar-refractivity contribution in [2.45, 2.75) is 20.3 Å². The smallest absolute Gasteiger partial charge is 0.312 e. The van der Waals surface area contributed by atoms with Gasteiger partial charge in [0.1, 0.15) is 6.61 Å². The van der Waals surface area contributed by atoms with E-state index >= 15 is 0 Å². The predicted molar refractivity (Wildman–Crippen MR) is 38.5 cm³/mol. The molecule has 1 rings (SSSR count). The molecular formula is C8H12O2. The van der Waals surface area contributed by atoms with Crippen LogP contribution in [0.2, 0.25) is 0 Å². The molecule has 0 bridgehead atoms. The lowest BCUT2D eigenvalue weighted by molar-refractivity contribution is -0.146. The average molecular weight is 140 g/mol. The summed E-state index contributed by atoms with van der Waals surface area (Å²) < 4.78 is 4.89.